The van der Waals surface area contributed by atoms with Gasteiger partial charge in [0, 0.05) is 6.54 Å². The Labute approximate surface area is 127 Å². The van der Waals surface area contributed by atoms with Crippen molar-refractivity contribution in [2.24, 2.45) is 5.41 Å². The van der Waals surface area contributed by atoms with Crippen LogP contribution in [0.3, 0.4) is 0 Å². The molecule has 20 heavy (non-hydrogen) atoms. The van der Waals surface area contributed by atoms with Gasteiger partial charge in [-0.25, -0.2) is 0 Å². The van der Waals surface area contributed by atoms with E-state index < -0.39 is 0 Å². The smallest absolute Gasteiger partial charge is 0.144 e. The summed E-state index contributed by atoms with van der Waals surface area (Å²) in [6.07, 6.45) is 2.00. The van der Waals surface area contributed by atoms with Crippen LogP contribution >= 0.6 is 11.6 Å². The highest BCUT2D eigenvalue weighted by Gasteiger charge is 2.19. The summed E-state index contributed by atoms with van der Waals surface area (Å²) >= 11 is 6.29. The van der Waals surface area contributed by atoms with Gasteiger partial charge in [-0.15, -0.1) is 0 Å². The lowest BCUT2D eigenvalue weighted by Crippen LogP contribution is -2.29. The first-order chi connectivity index (χ1) is 9.45. The van der Waals surface area contributed by atoms with Crippen LogP contribution in [0.5, 0.6) is 11.5 Å². The molecule has 0 heterocycles. The fourth-order valence-corrected chi connectivity index (χ4v) is 2.52. The Balaban J connectivity index is 2.80. The average molecular weight is 300 g/mol. The molecule has 0 unspecified atom stereocenters. The number of rotatable bonds is 8. The fraction of sp³-hybridized carbons (Fsp3) is 0.625. The predicted molar refractivity (Wildman–Crippen MR) is 85.2 cm³/mol. The van der Waals surface area contributed by atoms with E-state index >= 15 is 0 Å². The summed E-state index contributed by atoms with van der Waals surface area (Å²) in [4.78, 5) is 0. The van der Waals surface area contributed by atoms with Crippen LogP contribution < -0.4 is 14.8 Å². The molecule has 0 saturated carbocycles. The van der Waals surface area contributed by atoms with Crippen LogP contribution in [0.2, 0.25) is 5.02 Å². The molecule has 0 fully saturated rings. The van der Waals surface area contributed by atoms with Crippen LogP contribution in [0, 0.1) is 5.41 Å². The molecule has 1 aromatic carbocycles. The lowest BCUT2D eigenvalue weighted by molar-refractivity contribution is 0.315. The van der Waals surface area contributed by atoms with E-state index in [2.05, 4.69) is 26.1 Å². The average Bonchev–Trinajstić information content (AvgIpc) is 2.43. The molecule has 0 amide bonds. The third-order valence-corrected chi connectivity index (χ3v) is 3.85. The Kier molecular flexibility index (Phi) is 6.63. The van der Waals surface area contributed by atoms with Gasteiger partial charge in [-0.05, 0) is 36.4 Å². The number of methoxy groups -OCH3 is 2. The third kappa shape index (κ3) is 4.57. The maximum Gasteiger partial charge on any atom is 0.144 e. The molecule has 0 aliphatic rings. The fourth-order valence-electron chi connectivity index (χ4n) is 2.18. The minimum Gasteiger partial charge on any atom is -0.495 e. The summed E-state index contributed by atoms with van der Waals surface area (Å²) in [6, 6.07) is 3.93. The molecule has 4 heteroatoms. The molecule has 0 saturated heterocycles. The number of ether oxygens (including phenoxy) is 2. The lowest BCUT2D eigenvalue weighted by Gasteiger charge is -2.25. The van der Waals surface area contributed by atoms with E-state index in [1.807, 2.05) is 12.1 Å². The van der Waals surface area contributed by atoms with Crippen molar-refractivity contribution >= 4 is 11.6 Å². The second-order valence-electron chi connectivity index (χ2n) is 5.72. The molecule has 1 N–H and O–H groups in total. The Morgan fingerprint density at radius 1 is 1.20 bits per heavy atom. The van der Waals surface area contributed by atoms with Crippen molar-refractivity contribution in [2.75, 3.05) is 27.3 Å². The van der Waals surface area contributed by atoms with Gasteiger partial charge in [-0.3, -0.25) is 0 Å². The highest BCUT2D eigenvalue weighted by atomic mass is 35.5. The van der Waals surface area contributed by atoms with Crippen molar-refractivity contribution in [3.63, 3.8) is 0 Å². The van der Waals surface area contributed by atoms with E-state index in [4.69, 9.17) is 21.1 Å². The molecular formula is C16H26ClNO2. The topological polar surface area (TPSA) is 30.5 Å². The normalized spacial score (nSPS) is 11.5. The first kappa shape index (κ1) is 17.1. The zero-order valence-electron chi connectivity index (χ0n) is 13.2. The number of nitrogens with one attached hydrogen (secondary N) is 1. The monoisotopic (exact) mass is 299 g/mol. The third-order valence-electron chi connectivity index (χ3n) is 3.49. The molecule has 0 aliphatic carbocycles. The minimum absolute atomic E-state index is 0.243. The van der Waals surface area contributed by atoms with Gasteiger partial charge in [0.1, 0.15) is 16.5 Å². The van der Waals surface area contributed by atoms with E-state index in [1.165, 1.54) is 0 Å². The van der Waals surface area contributed by atoms with Gasteiger partial charge in [0.15, 0.2) is 0 Å². The summed E-state index contributed by atoms with van der Waals surface area (Å²) < 4.78 is 10.7. The van der Waals surface area contributed by atoms with Gasteiger partial charge in [0.05, 0.1) is 14.2 Å². The maximum atomic E-state index is 6.29. The quantitative estimate of drug-likeness (QED) is 0.789. The molecule has 0 radical (unpaired) electrons. The van der Waals surface area contributed by atoms with Gasteiger partial charge in [-0.2, -0.15) is 0 Å². The second kappa shape index (κ2) is 7.75. The molecule has 1 aromatic rings. The molecule has 0 atom stereocenters. The van der Waals surface area contributed by atoms with Crippen LogP contribution in [-0.4, -0.2) is 27.3 Å². The minimum atomic E-state index is 0.243. The zero-order chi connectivity index (χ0) is 15.2. The van der Waals surface area contributed by atoms with Gasteiger partial charge in [0.25, 0.3) is 0 Å². The van der Waals surface area contributed by atoms with E-state index in [0.29, 0.717) is 10.8 Å². The van der Waals surface area contributed by atoms with E-state index in [9.17, 15) is 0 Å². The molecule has 3 nitrogen and oxygen atoms in total. The van der Waals surface area contributed by atoms with E-state index in [1.54, 1.807) is 14.2 Å². The summed E-state index contributed by atoms with van der Waals surface area (Å²) in [5.41, 5.74) is 1.37. The van der Waals surface area contributed by atoms with Crippen LogP contribution in [-0.2, 0) is 6.42 Å². The largest absolute Gasteiger partial charge is 0.495 e. The number of halogens is 1. The molecule has 0 aliphatic heterocycles. The first-order valence-corrected chi connectivity index (χ1v) is 7.43. The molecule has 1 rings (SSSR count). The molecule has 0 bridgehead atoms. The summed E-state index contributed by atoms with van der Waals surface area (Å²) in [5, 5.41) is 3.96. The number of aryl methyl sites for hydroxylation is 1. The highest BCUT2D eigenvalue weighted by molar-refractivity contribution is 6.33. The lowest BCUT2D eigenvalue weighted by atomic mass is 9.86. The summed E-state index contributed by atoms with van der Waals surface area (Å²) in [5.74, 6) is 1.38. The van der Waals surface area contributed by atoms with Crippen LogP contribution in [0.4, 0.5) is 0 Å². The van der Waals surface area contributed by atoms with Crippen molar-refractivity contribution < 1.29 is 9.47 Å². The standard InChI is InChI=1S/C16H26ClNO2/c1-6-18-11-16(2,3)10-9-12-7-8-13(19-4)14(17)15(12)20-5/h7-8,18H,6,9-11H2,1-5H3. The van der Waals surface area contributed by atoms with Crippen molar-refractivity contribution in [1.29, 1.82) is 0 Å². The molecule has 0 aromatic heterocycles. The van der Waals surface area contributed by atoms with Crippen molar-refractivity contribution in [3.05, 3.63) is 22.7 Å². The van der Waals surface area contributed by atoms with Crippen LogP contribution in [0.15, 0.2) is 12.1 Å². The Morgan fingerprint density at radius 3 is 2.45 bits per heavy atom. The van der Waals surface area contributed by atoms with E-state index in [-0.39, 0.29) is 5.41 Å². The SMILES string of the molecule is CCNCC(C)(C)CCc1ccc(OC)c(Cl)c1OC. The van der Waals surface area contributed by atoms with Crippen LogP contribution in [0.1, 0.15) is 32.8 Å². The van der Waals surface area contributed by atoms with Crippen molar-refractivity contribution in [2.45, 2.75) is 33.6 Å². The van der Waals surface area contributed by atoms with Gasteiger partial charge in [0.2, 0.25) is 0 Å². The number of benzene rings is 1. The van der Waals surface area contributed by atoms with Gasteiger partial charge >= 0.3 is 0 Å². The molecular weight excluding hydrogens is 274 g/mol. The Morgan fingerprint density at radius 2 is 1.90 bits per heavy atom. The highest BCUT2D eigenvalue weighted by Crippen LogP contribution is 2.38. The predicted octanol–water partition coefficient (Wildman–Crippen LogP) is 3.93. The zero-order valence-corrected chi connectivity index (χ0v) is 13.9. The van der Waals surface area contributed by atoms with Crippen LogP contribution in [0.25, 0.3) is 0 Å². The Hall–Kier alpha value is -0.930. The van der Waals surface area contributed by atoms with Crippen molar-refractivity contribution in [3.8, 4) is 11.5 Å². The van der Waals surface area contributed by atoms with Gasteiger partial charge in [-0.1, -0.05) is 38.4 Å². The number of hydrogen-bond acceptors (Lipinski definition) is 3. The Bertz CT molecular complexity index is 433. The maximum absolute atomic E-state index is 6.29. The second-order valence-corrected chi connectivity index (χ2v) is 6.10. The van der Waals surface area contributed by atoms with E-state index in [0.717, 1.165) is 37.2 Å². The summed E-state index contributed by atoms with van der Waals surface area (Å²) in [6.45, 7) is 8.68. The molecule has 114 valence electrons. The van der Waals surface area contributed by atoms with Crippen molar-refractivity contribution in [1.82, 2.24) is 5.32 Å². The molecule has 0 spiro atoms. The summed E-state index contributed by atoms with van der Waals surface area (Å²) in [7, 11) is 3.26. The van der Waals surface area contributed by atoms with Gasteiger partial charge < -0.3 is 14.8 Å². The number of hydrogen-bond donors (Lipinski definition) is 1. The first-order valence-electron chi connectivity index (χ1n) is 7.05.